The molecule has 4 nitrogen and oxygen atoms in total. The van der Waals surface area contributed by atoms with Crippen LogP contribution in [0.1, 0.15) is 39.0 Å². The smallest absolute Gasteiger partial charge is 0.231 e. The van der Waals surface area contributed by atoms with Crippen LogP contribution in [0.25, 0.3) is 0 Å². The van der Waals surface area contributed by atoms with Gasteiger partial charge in [0.2, 0.25) is 5.88 Å². The molecule has 0 aliphatic rings. The third-order valence-corrected chi connectivity index (χ3v) is 3.03. The molecule has 0 spiro atoms. The summed E-state index contributed by atoms with van der Waals surface area (Å²) in [5, 5.41) is 9.01. The molecule has 0 aliphatic heterocycles. The molecule has 1 rings (SSSR count). The van der Waals surface area contributed by atoms with Gasteiger partial charge < -0.3 is 4.74 Å². The van der Waals surface area contributed by atoms with Crippen LogP contribution < -0.4 is 4.74 Å². The molecule has 0 amide bonds. The van der Waals surface area contributed by atoms with E-state index in [1.54, 1.807) is 6.07 Å². The fraction of sp³-hybridized carbons (Fsp3) is 0.600. The van der Waals surface area contributed by atoms with Crippen LogP contribution >= 0.6 is 0 Å². The van der Waals surface area contributed by atoms with Gasteiger partial charge in [-0.05, 0) is 46.8 Å². The first-order chi connectivity index (χ1) is 8.95. The molecule has 1 heterocycles. The van der Waals surface area contributed by atoms with Gasteiger partial charge in [-0.25, -0.2) is 4.98 Å². The lowest BCUT2D eigenvalue weighted by Crippen LogP contribution is -2.39. The minimum absolute atomic E-state index is 0.440. The third kappa shape index (κ3) is 4.53. The van der Waals surface area contributed by atoms with Crippen LogP contribution in [0.5, 0.6) is 5.88 Å². The Labute approximate surface area is 116 Å². The highest BCUT2D eigenvalue weighted by molar-refractivity contribution is 5.38. The Morgan fingerprint density at radius 3 is 2.42 bits per heavy atom. The second-order valence-electron chi connectivity index (χ2n) is 5.19. The van der Waals surface area contributed by atoms with E-state index in [0.717, 1.165) is 12.2 Å². The second kappa shape index (κ2) is 7.10. The molecule has 1 aromatic rings. The van der Waals surface area contributed by atoms with Crippen molar-refractivity contribution < 1.29 is 4.74 Å². The summed E-state index contributed by atoms with van der Waals surface area (Å²) in [6.07, 6.45) is 0. The molecule has 104 valence electrons. The lowest BCUT2D eigenvalue weighted by molar-refractivity contribution is 0.140. The Morgan fingerprint density at radius 1 is 1.26 bits per heavy atom. The van der Waals surface area contributed by atoms with Crippen LogP contribution in [-0.2, 0) is 0 Å². The number of nitrogens with zero attached hydrogens (tertiary/aromatic N) is 3. The Balaban J connectivity index is 2.62. The highest BCUT2D eigenvalue weighted by atomic mass is 16.5. The van der Waals surface area contributed by atoms with Gasteiger partial charge in [0.1, 0.15) is 18.2 Å². The summed E-state index contributed by atoms with van der Waals surface area (Å²) in [4.78, 5) is 6.62. The van der Waals surface area contributed by atoms with Crippen LogP contribution in [0.3, 0.4) is 0 Å². The van der Waals surface area contributed by atoms with E-state index in [-0.39, 0.29) is 0 Å². The Morgan fingerprint density at radius 2 is 1.89 bits per heavy atom. The lowest BCUT2D eigenvalue weighted by atomic mass is 10.2. The van der Waals surface area contributed by atoms with Crippen molar-refractivity contribution in [2.75, 3.05) is 13.2 Å². The van der Waals surface area contributed by atoms with E-state index in [9.17, 15) is 0 Å². The maximum atomic E-state index is 9.01. The number of aromatic nitrogens is 1. The molecule has 0 fully saturated rings. The normalized spacial score (nSPS) is 11.1. The maximum Gasteiger partial charge on any atom is 0.231 e. The largest absolute Gasteiger partial charge is 0.475 e. The van der Waals surface area contributed by atoms with Crippen LogP contribution in [0, 0.1) is 18.3 Å². The van der Waals surface area contributed by atoms with Gasteiger partial charge in [-0.2, -0.15) is 5.26 Å². The van der Waals surface area contributed by atoms with Crippen molar-refractivity contribution in [3.8, 4) is 11.9 Å². The number of aryl methyl sites for hydroxylation is 1. The van der Waals surface area contributed by atoms with Crippen molar-refractivity contribution >= 4 is 0 Å². The quantitative estimate of drug-likeness (QED) is 0.790. The second-order valence-corrected chi connectivity index (χ2v) is 5.19. The zero-order valence-corrected chi connectivity index (χ0v) is 12.5. The minimum Gasteiger partial charge on any atom is -0.475 e. The summed E-state index contributed by atoms with van der Waals surface area (Å²) in [7, 11) is 0. The third-order valence-electron chi connectivity index (χ3n) is 3.03. The molecule has 0 saturated heterocycles. The fourth-order valence-electron chi connectivity index (χ4n) is 2.09. The SMILES string of the molecule is Cc1ccc(C#N)c(OCCN(C(C)C)C(C)C)n1. The van der Waals surface area contributed by atoms with Crippen LogP contribution in [-0.4, -0.2) is 35.1 Å². The monoisotopic (exact) mass is 261 g/mol. The summed E-state index contributed by atoms with van der Waals surface area (Å²) in [6, 6.07) is 6.63. The first-order valence-electron chi connectivity index (χ1n) is 6.72. The molecule has 4 heteroatoms. The Bertz CT molecular complexity index is 441. The van der Waals surface area contributed by atoms with Gasteiger partial charge in [-0.3, -0.25) is 4.90 Å². The van der Waals surface area contributed by atoms with Gasteiger partial charge in [0.15, 0.2) is 0 Å². The van der Waals surface area contributed by atoms with E-state index in [0.29, 0.717) is 30.1 Å². The van der Waals surface area contributed by atoms with E-state index in [1.165, 1.54) is 0 Å². The predicted molar refractivity (Wildman–Crippen MR) is 76.2 cm³/mol. The molecule has 0 radical (unpaired) electrons. The van der Waals surface area contributed by atoms with Crippen molar-refractivity contribution in [2.24, 2.45) is 0 Å². The molecule has 0 aromatic carbocycles. The zero-order valence-electron chi connectivity index (χ0n) is 12.5. The lowest BCUT2D eigenvalue weighted by Gasteiger charge is -2.30. The summed E-state index contributed by atoms with van der Waals surface area (Å²) < 4.78 is 5.66. The average Bonchev–Trinajstić information content (AvgIpc) is 2.33. The van der Waals surface area contributed by atoms with E-state index in [2.05, 4.69) is 43.6 Å². The number of hydrogen-bond acceptors (Lipinski definition) is 4. The molecular formula is C15H23N3O. The maximum absolute atomic E-state index is 9.01. The number of nitriles is 1. The summed E-state index contributed by atoms with van der Waals surface area (Å²) in [5.41, 5.74) is 1.35. The van der Waals surface area contributed by atoms with E-state index < -0.39 is 0 Å². The van der Waals surface area contributed by atoms with E-state index in [1.807, 2.05) is 13.0 Å². The minimum atomic E-state index is 0.440. The highest BCUT2D eigenvalue weighted by Crippen LogP contribution is 2.15. The molecule has 0 N–H and O–H groups in total. The number of pyridine rings is 1. The molecule has 0 atom stereocenters. The summed E-state index contributed by atoms with van der Waals surface area (Å²) in [5.74, 6) is 0.440. The van der Waals surface area contributed by atoms with Gasteiger partial charge in [-0.1, -0.05) is 0 Å². The Kier molecular flexibility index (Phi) is 5.78. The van der Waals surface area contributed by atoms with Crippen LogP contribution in [0.15, 0.2) is 12.1 Å². The van der Waals surface area contributed by atoms with Gasteiger partial charge in [0.05, 0.1) is 0 Å². The van der Waals surface area contributed by atoms with Crippen molar-refractivity contribution in [3.05, 3.63) is 23.4 Å². The number of rotatable bonds is 6. The fourth-order valence-corrected chi connectivity index (χ4v) is 2.09. The highest BCUT2D eigenvalue weighted by Gasteiger charge is 2.13. The topological polar surface area (TPSA) is 49.1 Å². The van der Waals surface area contributed by atoms with Gasteiger partial charge in [-0.15, -0.1) is 0 Å². The molecule has 0 saturated carbocycles. The molecule has 19 heavy (non-hydrogen) atoms. The molecule has 0 bridgehead atoms. The van der Waals surface area contributed by atoms with Crippen molar-refractivity contribution in [1.29, 1.82) is 5.26 Å². The molecule has 1 aromatic heterocycles. The van der Waals surface area contributed by atoms with Crippen molar-refractivity contribution in [2.45, 2.75) is 46.7 Å². The first kappa shape index (κ1) is 15.5. The van der Waals surface area contributed by atoms with Crippen molar-refractivity contribution in [1.82, 2.24) is 9.88 Å². The molecule has 0 aliphatic carbocycles. The van der Waals surface area contributed by atoms with E-state index in [4.69, 9.17) is 10.00 Å². The van der Waals surface area contributed by atoms with E-state index >= 15 is 0 Å². The average molecular weight is 261 g/mol. The first-order valence-corrected chi connectivity index (χ1v) is 6.72. The van der Waals surface area contributed by atoms with Crippen LogP contribution in [0.2, 0.25) is 0 Å². The van der Waals surface area contributed by atoms with Gasteiger partial charge >= 0.3 is 0 Å². The number of ether oxygens (including phenoxy) is 1. The zero-order chi connectivity index (χ0) is 14.4. The molecule has 0 unspecified atom stereocenters. The molecular weight excluding hydrogens is 238 g/mol. The van der Waals surface area contributed by atoms with Gasteiger partial charge in [0.25, 0.3) is 0 Å². The number of hydrogen-bond donors (Lipinski definition) is 0. The van der Waals surface area contributed by atoms with Gasteiger partial charge in [0, 0.05) is 24.3 Å². The summed E-state index contributed by atoms with van der Waals surface area (Å²) in [6.45, 7) is 12.0. The predicted octanol–water partition coefficient (Wildman–Crippen LogP) is 2.76. The van der Waals surface area contributed by atoms with Crippen LogP contribution in [0.4, 0.5) is 0 Å². The standard InChI is InChI=1S/C15H23N3O/c1-11(2)18(12(3)4)8-9-19-15-14(10-16)7-6-13(5)17-15/h6-7,11-12H,8-9H2,1-5H3. The van der Waals surface area contributed by atoms with Crippen molar-refractivity contribution in [3.63, 3.8) is 0 Å². The Hall–Kier alpha value is -1.60. The summed E-state index contributed by atoms with van der Waals surface area (Å²) >= 11 is 0.